The van der Waals surface area contributed by atoms with Crippen molar-refractivity contribution < 1.29 is 14.8 Å². The number of aromatic nitrogens is 2. The fraction of sp³-hybridized carbons (Fsp3) is 0.412. The maximum absolute atomic E-state index is 11.3. The number of halogens is 1. The number of hydrogen-bond donors (Lipinski definition) is 2. The van der Waals surface area contributed by atoms with Gasteiger partial charge in [-0.3, -0.25) is 10.1 Å². The maximum atomic E-state index is 11.3. The van der Waals surface area contributed by atoms with E-state index in [1.165, 1.54) is 13.3 Å². The van der Waals surface area contributed by atoms with Gasteiger partial charge in [0.05, 0.1) is 29.7 Å². The topological polar surface area (TPSA) is 114 Å². The summed E-state index contributed by atoms with van der Waals surface area (Å²) in [6.45, 7) is 0.995. The number of anilines is 2. The molecule has 9 nitrogen and oxygen atoms in total. The van der Waals surface area contributed by atoms with Crippen molar-refractivity contribution in [1.29, 1.82) is 0 Å². The zero-order valence-electron chi connectivity index (χ0n) is 14.8. The Hall–Kier alpha value is -2.65. The first kappa shape index (κ1) is 19.1. The molecule has 3 rings (SSSR count). The standard InChI is InChI=1S/C17H20ClN5O4/c1-27-15-5-4-11(7-13(15)18)8-19-16-14(23(25)26)9-20-17(21-16)22-6-2-3-12(22)10-24/h4-5,7,9,12,24H,2-3,6,8,10H2,1H3,(H,19,20,21)/t12-/m0/s1. The van der Waals surface area contributed by atoms with Gasteiger partial charge in [0.15, 0.2) is 0 Å². The van der Waals surface area contributed by atoms with Crippen LogP contribution in [0.2, 0.25) is 5.02 Å². The molecule has 1 saturated heterocycles. The van der Waals surface area contributed by atoms with Gasteiger partial charge in [-0.2, -0.15) is 4.98 Å². The Labute approximate surface area is 161 Å². The molecule has 1 aromatic carbocycles. The van der Waals surface area contributed by atoms with Crippen molar-refractivity contribution in [3.8, 4) is 5.75 Å². The molecule has 144 valence electrons. The average molecular weight is 394 g/mol. The summed E-state index contributed by atoms with van der Waals surface area (Å²) in [4.78, 5) is 21.1. The Bertz CT molecular complexity index is 835. The molecule has 1 aromatic heterocycles. The minimum Gasteiger partial charge on any atom is -0.495 e. The van der Waals surface area contributed by atoms with E-state index in [1.807, 2.05) is 11.0 Å². The Morgan fingerprint density at radius 1 is 1.52 bits per heavy atom. The van der Waals surface area contributed by atoms with Gasteiger partial charge in [0, 0.05) is 13.1 Å². The summed E-state index contributed by atoms with van der Waals surface area (Å²) >= 11 is 6.12. The van der Waals surface area contributed by atoms with Crippen LogP contribution in [0.15, 0.2) is 24.4 Å². The summed E-state index contributed by atoms with van der Waals surface area (Å²) in [7, 11) is 1.53. The van der Waals surface area contributed by atoms with Crippen molar-refractivity contribution in [2.75, 3.05) is 30.5 Å². The summed E-state index contributed by atoms with van der Waals surface area (Å²) in [6, 6.07) is 5.20. The molecule has 1 atom stereocenters. The number of benzene rings is 1. The van der Waals surface area contributed by atoms with Crippen molar-refractivity contribution in [3.05, 3.63) is 45.1 Å². The lowest BCUT2D eigenvalue weighted by Gasteiger charge is -2.23. The lowest BCUT2D eigenvalue weighted by Crippen LogP contribution is -2.33. The van der Waals surface area contributed by atoms with Gasteiger partial charge >= 0.3 is 5.69 Å². The van der Waals surface area contributed by atoms with Gasteiger partial charge < -0.3 is 20.1 Å². The predicted molar refractivity (Wildman–Crippen MR) is 101 cm³/mol. The molecule has 0 unspecified atom stereocenters. The third-order valence-electron chi connectivity index (χ3n) is 4.47. The van der Waals surface area contributed by atoms with Crippen LogP contribution in [0.3, 0.4) is 0 Å². The monoisotopic (exact) mass is 393 g/mol. The number of hydrogen-bond acceptors (Lipinski definition) is 8. The first-order valence-corrected chi connectivity index (χ1v) is 8.86. The molecule has 27 heavy (non-hydrogen) atoms. The molecule has 0 saturated carbocycles. The molecular weight excluding hydrogens is 374 g/mol. The van der Waals surface area contributed by atoms with Gasteiger partial charge in [0.1, 0.15) is 11.9 Å². The van der Waals surface area contributed by atoms with Gasteiger partial charge in [-0.25, -0.2) is 4.98 Å². The van der Waals surface area contributed by atoms with Gasteiger partial charge in [0.2, 0.25) is 11.8 Å². The van der Waals surface area contributed by atoms with E-state index >= 15 is 0 Å². The quantitative estimate of drug-likeness (QED) is 0.545. The van der Waals surface area contributed by atoms with E-state index in [-0.39, 0.29) is 24.2 Å². The van der Waals surface area contributed by atoms with Crippen LogP contribution in [0.5, 0.6) is 5.75 Å². The van der Waals surface area contributed by atoms with Crippen LogP contribution < -0.4 is 15.0 Å². The Morgan fingerprint density at radius 2 is 2.33 bits per heavy atom. The lowest BCUT2D eigenvalue weighted by molar-refractivity contribution is -0.384. The molecule has 0 aliphatic carbocycles. The van der Waals surface area contributed by atoms with E-state index in [0.717, 1.165) is 18.4 Å². The SMILES string of the molecule is COc1ccc(CNc2nc(N3CCC[C@H]3CO)ncc2[N+](=O)[O-])cc1Cl. The van der Waals surface area contributed by atoms with Crippen LogP contribution in [0.1, 0.15) is 18.4 Å². The molecular formula is C17H20ClN5O4. The molecule has 1 aliphatic heterocycles. The molecule has 2 aromatic rings. The van der Waals surface area contributed by atoms with E-state index in [0.29, 0.717) is 29.8 Å². The van der Waals surface area contributed by atoms with Crippen LogP contribution in [-0.2, 0) is 6.54 Å². The molecule has 0 amide bonds. The molecule has 0 bridgehead atoms. The lowest BCUT2D eigenvalue weighted by atomic mass is 10.2. The first-order chi connectivity index (χ1) is 13.0. The summed E-state index contributed by atoms with van der Waals surface area (Å²) < 4.78 is 5.12. The summed E-state index contributed by atoms with van der Waals surface area (Å²) in [5.74, 6) is 1.05. The van der Waals surface area contributed by atoms with Crippen LogP contribution >= 0.6 is 11.6 Å². The summed E-state index contributed by atoms with van der Waals surface area (Å²) in [6.07, 6.45) is 2.95. The van der Waals surface area contributed by atoms with Crippen molar-refractivity contribution in [2.24, 2.45) is 0 Å². The van der Waals surface area contributed by atoms with E-state index in [9.17, 15) is 15.2 Å². The van der Waals surface area contributed by atoms with Crippen molar-refractivity contribution in [3.63, 3.8) is 0 Å². The fourth-order valence-corrected chi connectivity index (χ4v) is 3.34. The minimum absolute atomic E-state index is 0.00649. The number of nitrogens with zero attached hydrogens (tertiary/aromatic N) is 4. The number of methoxy groups -OCH3 is 1. The summed E-state index contributed by atoms with van der Waals surface area (Å²) in [5, 5.41) is 24.3. The van der Waals surface area contributed by atoms with Gasteiger partial charge in [-0.1, -0.05) is 17.7 Å². The number of nitro groups is 1. The van der Waals surface area contributed by atoms with Crippen molar-refractivity contribution >= 4 is 29.1 Å². The van der Waals surface area contributed by atoms with Crippen molar-refractivity contribution in [1.82, 2.24) is 9.97 Å². The molecule has 10 heteroatoms. The van der Waals surface area contributed by atoms with E-state index < -0.39 is 4.92 Å². The molecule has 1 fully saturated rings. The molecule has 1 aliphatic rings. The van der Waals surface area contributed by atoms with E-state index in [2.05, 4.69) is 15.3 Å². The number of aliphatic hydroxyl groups excluding tert-OH is 1. The molecule has 2 heterocycles. The van der Waals surface area contributed by atoms with Gasteiger partial charge in [-0.15, -0.1) is 0 Å². The smallest absolute Gasteiger partial charge is 0.329 e. The van der Waals surface area contributed by atoms with Gasteiger partial charge in [-0.05, 0) is 30.5 Å². The Morgan fingerprint density at radius 3 is 3.00 bits per heavy atom. The van der Waals surface area contributed by atoms with Crippen LogP contribution in [0, 0.1) is 10.1 Å². The maximum Gasteiger partial charge on any atom is 0.329 e. The molecule has 0 radical (unpaired) electrons. The average Bonchev–Trinajstić information content (AvgIpc) is 3.15. The summed E-state index contributed by atoms with van der Waals surface area (Å²) in [5.41, 5.74) is 0.614. The highest BCUT2D eigenvalue weighted by Crippen LogP contribution is 2.29. The molecule has 0 spiro atoms. The van der Waals surface area contributed by atoms with E-state index in [4.69, 9.17) is 16.3 Å². The number of rotatable bonds is 7. The van der Waals surface area contributed by atoms with Gasteiger partial charge in [0.25, 0.3) is 0 Å². The van der Waals surface area contributed by atoms with Crippen molar-refractivity contribution in [2.45, 2.75) is 25.4 Å². The first-order valence-electron chi connectivity index (χ1n) is 8.48. The van der Waals surface area contributed by atoms with Crippen LogP contribution in [0.25, 0.3) is 0 Å². The number of nitrogens with one attached hydrogen (secondary N) is 1. The minimum atomic E-state index is -0.527. The second kappa shape index (κ2) is 8.36. The fourth-order valence-electron chi connectivity index (χ4n) is 3.06. The predicted octanol–water partition coefficient (Wildman–Crippen LogP) is 2.62. The van der Waals surface area contributed by atoms with E-state index in [1.54, 1.807) is 12.1 Å². The zero-order valence-corrected chi connectivity index (χ0v) is 15.5. The third-order valence-corrected chi connectivity index (χ3v) is 4.77. The highest BCUT2D eigenvalue weighted by molar-refractivity contribution is 6.32. The number of aliphatic hydroxyl groups is 1. The highest BCUT2D eigenvalue weighted by Gasteiger charge is 2.28. The van der Waals surface area contributed by atoms with Crippen LogP contribution in [0.4, 0.5) is 17.5 Å². The molecule has 2 N–H and O–H groups in total. The largest absolute Gasteiger partial charge is 0.495 e. The van der Waals surface area contributed by atoms with Crippen LogP contribution in [-0.4, -0.2) is 46.3 Å². The second-order valence-corrected chi connectivity index (χ2v) is 6.56. The number of ether oxygens (including phenoxy) is 1. The Balaban J connectivity index is 1.83. The Kier molecular flexibility index (Phi) is 5.92. The zero-order chi connectivity index (χ0) is 19.4. The normalized spacial score (nSPS) is 16.4. The highest BCUT2D eigenvalue weighted by atomic mass is 35.5. The third kappa shape index (κ3) is 4.20. The second-order valence-electron chi connectivity index (χ2n) is 6.16.